The summed E-state index contributed by atoms with van der Waals surface area (Å²) in [6, 6.07) is 0. The van der Waals surface area contributed by atoms with Crippen LogP contribution in [0, 0.1) is 12.0 Å². The van der Waals surface area contributed by atoms with Crippen LogP contribution in [0.2, 0.25) is 0 Å². The van der Waals surface area contributed by atoms with Crippen molar-refractivity contribution in [3.63, 3.8) is 0 Å². The summed E-state index contributed by atoms with van der Waals surface area (Å²) >= 11 is 0. The van der Waals surface area contributed by atoms with Gasteiger partial charge < -0.3 is 9.84 Å². The Morgan fingerprint density at radius 2 is 2.07 bits per heavy atom. The van der Waals surface area contributed by atoms with Crippen molar-refractivity contribution in [2.45, 2.75) is 38.5 Å². The van der Waals surface area contributed by atoms with Crippen molar-refractivity contribution in [1.82, 2.24) is 0 Å². The summed E-state index contributed by atoms with van der Waals surface area (Å²) in [7, 11) is 0. The molecule has 0 amide bonds. The summed E-state index contributed by atoms with van der Waals surface area (Å²) in [5.74, 6) is 2.63. The third kappa shape index (κ3) is 10.6. The number of unbranched alkanes of at least 4 members (excludes halogenated alkanes) is 5. The van der Waals surface area contributed by atoms with E-state index in [0.717, 1.165) is 19.3 Å². The van der Waals surface area contributed by atoms with Gasteiger partial charge in [0.1, 0.15) is 6.11 Å². The number of carboxylic acid groups (broad SMARTS) is 1. The molecule has 1 N–H and O–H groups in total. The van der Waals surface area contributed by atoms with E-state index in [4.69, 9.17) is 5.11 Å². The third-order valence-corrected chi connectivity index (χ3v) is 1.67. The fraction of sp³-hybridized carbons (Fsp3) is 0.545. The zero-order valence-corrected chi connectivity index (χ0v) is 8.29. The Kier molecular flexibility index (Phi) is 8.67. The molecular formula is C11H16O3. The smallest absolute Gasteiger partial charge is 0.449 e. The molecule has 0 saturated carbocycles. The van der Waals surface area contributed by atoms with E-state index >= 15 is 0 Å². The topological polar surface area (TPSA) is 46.5 Å². The third-order valence-electron chi connectivity index (χ3n) is 1.67. The molecule has 0 aromatic rings. The molecule has 3 nitrogen and oxygen atoms in total. The molecule has 0 fully saturated rings. The van der Waals surface area contributed by atoms with E-state index in [1.165, 1.54) is 12.8 Å². The van der Waals surface area contributed by atoms with Crippen LogP contribution in [-0.2, 0) is 4.74 Å². The first-order valence-electron chi connectivity index (χ1n) is 4.76. The van der Waals surface area contributed by atoms with Crippen molar-refractivity contribution in [1.29, 1.82) is 0 Å². The molecule has 0 aromatic carbocycles. The van der Waals surface area contributed by atoms with Gasteiger partial charge >= 0.3 is 6.16 Å². The van der Waals surface area contributed by atoms with E-state index in [1.54, 1.807) is 0 Å². The van der Waals surface area contributed by atoms with E-state index < -0.39 is 6.16 Å². The summed E-state index contributed by atoms with van der Waals surface area (Å²) in [5.41, 5.74) is 0. The van der Waals surface area contributed by atoms with Gasteiger partial charge in [0.2, 0.25) is 0 Å². The molecule has 0 aliphatic carbocycles. The van der Waals surface area contributed by atoms with Gasteiger partial charge in [0.15, 0.2) is 0 Å². The molecule has 0 heterocycles. The maximum absolute atomic E-state index is 9.87. The van der Waals surface area contributed by atoms with E-state index in [2.05, 4.69) is 23.3 Å². The average Bonchev–Trinajstić information content (AvgIpc) is 2.15. The standard InChI is InChI=1S/C11H16O3/c1-2-3-4-5-6-7-8-9-10-14-11(12)13/h2H,1,3-8H2,(H,12,13). The Morgan fingerprint density at radius 1 is 1.36 bits per heavy atom. The second kappa shape index (κ2) is 9.66. The lowest BCUT2D eigenvalue weighted by Gasteiger charge is -1.94. The maximum atomic E-state index is 9.87. The van der Waals surface area contributed by atoms with Crippen LogP contribution in [-0.4, -0.2) is 11.3 Å². The molecule has 0 aliphatic heterocycles. The highest BCUT2D eigenvalue weighted by molar-refractivity contribution is 5.58. The minimum Gasteiger partial charge on any atom is -0.449 e. The number of ether oxygens (including phenoxy) is 1. The van der Waals surface area contributed by atoms with Crippen LogP contribution in [0.25, 0.3) is 0 Å². The van der Waals surface area contributed by atoms with E-state index in [9.17, 15) is 4.79 Å². The molecule has 3 heteroatoms. The van der Waals surface area contributed by atoms with Crippen molar-refractivity contribution < 1.29 is 14.6 Å². The van der Waals surface area contributed by atoms with Crippen molar-refractivity contribution in [2.75, 3.05) is 0 Å². The maximum Gasteiger partial charge on any atom is 0.520 e. The Balaban J connectivity index is 3.15. The predicted molar refractivity (Wildman–Crippen MR) is 54.8 cm³/mol. The number of hydrogen-bond acceptors (Lipinski definition) is 2. The highest BCUT2D eigenvalue weighted by atomic mass is 16.7. The summed E-state index contributed by atoms with van der Waals surface area (Å²) in [6.07, 6.45) is 8.91. The van der Waals surface area contributed by atoms with Crippen LogP contribution in [0.1, 0.15) is 38.5 Å². The molecule has 0 radical (unpaired) electrons. The Bertz CT molecular complexity index is 222. The molecule has 0 aromatic heterocycles. The van der Waals surface area contributed by atoms with Gasteiger partial charge in [0.05, 0.1) is 0 Å². The van der Waals surface area contributed by atoms with Crippen LogP contribution in [0.3, 0.4) is 0 Å². The zero-order chi connectivity index (χ0) is 10.6. The lowest BCUT2D eigenvalue weighted by Crippen LogP contribution is -1.91. The highest BCUT2D eigenvalue weighted by Crippen LogP contribution is 2.04. The van der Waals surface area contributed by atoms with Crippen LogP contribution in [0.4, 0.5) is 4.79 Å². The van der Waals surface area contributed by atoms with Gasteiger partial charge in [-0.25, -0.2) is 4.79 Å². The first kappa shape index (κ1) is 12.6. The monoisotopic (exact) mass is 196 g/mol. The second-order valence-electron chi connectivity index (χ2n) is 2.89. The van der Waals surface area contributed by atoms with Crippen LogP contribution in [0.5, 0.6) is 0 Å². The molecule has 78 valence electrons. The SMILES string of the molecule is C=CCCCCCCC#COC(=O)O. The molecule has 0 atom stereocenters. The quantitative estimate of drug-likeness (QED) is 0.307. The minimum atomic E-state index is -1.34. The normalized spacial score (nSPS) is 8.57. The van der Waals surface area contributed by atoms with E-state index in [0.29, 0.717) is 6.42 Å². The van der Waals surface area contributed by atoms with Crippen molar-refractivity contribution in [3.05, 3.63) is 12.7 Å². The summed E-state index contributed by atoms with van der Waals surface area (Å²) in [6.45, 7) is 3.64. The number of allylic oxidation sites excluding steroid dienone is 1. The first-order chi connectivity index (χ1) is 6.77. The molecule has 0 saturated heterocycles. The molecule has 0 unspecified atom stereocenters. The molecular weight excluding hydrogens is 180 g/mol. The second-order valence-corrected chi connectivity index (χ2v) is 2.89. The average molecular weight is 196 g/mol. The van der Waals surface area contributed by atoms with Crippen LogP contribution in [0.15, 0.2) is 12.7 Å². The molecule has 0 rings (SSSR count). The van der Waals surface area contributed by atoms with Crippen molar-refractivity contribution >= 4 is 6.16 Å². The lowest BCUT2D eigenvalue weighted by atomic mass is 10.1. The summed E-state index contributed by atoms with van der Waals surface area (Å²) in [4.78, 5) is 9.87. The van der Waals surface area contributed by atoms with Gasteiger partial charge in [-0.15, -0.1) is 6.58 Å². The Labute approximate surface area is 84.8 Å². The van der Waals surface area contributed by atoms with Crippen molar-refractivity contribution in [3.8, 4) is 12.0 Å². The Morgan fingerprint density at radius 3 is 2.71 bits per heavy atom. The van der Waals surface area contributed by atoms with Crippen LogP contribution >= 0.6 is 0 Å². The molecule has 0 bridgehead atoms. The minimum absolute atomic E-state index is 0.696. The van der Waals surface area contributed by atoms with Gasteiger partial charge in [0.25, 0.3) is 0 Å². The first-order valence-corrected chi connectivity index (χ1v) is 4.76. The lowest BCUT2D eigenvalue weighted by molar-refractivity contribution is 0.134. The van der Waals surface area contributed by atoms with Gasteiger partial charge in [-0.1, -0.05) is 24.8 Å². The largest absolute Gasteiger partial charge is 0.520 e. The molecule has 14 heavy (non-hydrogen) atoms. The number of carbonyl (C=O) groups is 1. The highest BCUT2D eigenvalue weighted by Gasteiger charge is 1.89. The van der Waals surface area contributed by atoms with Crippen molar-refractivity contribution in [2.24, 2.45) is 0 Å². The summed E-state index contributed by atoms with van der Waals surface area (Å²) < 4.78 is 4.03. The van der Waals surface area contributed by atoms with E-state index in [-0.39, 0.29) is 0 Å². The van der Waals surface area contributed by atoms with Gasteiger partial charge in [0, 0.05) is 6.42 Å². The van der Waals surface area contributed by atoms with Crippen LogP contribution < -0.4 is 0 Å². The summed E-state index contributed by atoms with van der Waals surface area (Å²) in [5, 5.41) is 8.08. The van der Waals surface area contributed by atoms with Gasteiger partial charge in [-0.2, -0.15) is 0 Å². The Hall–Kier alpha value is -1.43. The van der Waals surface area contributed by atoms with Gasteiger partial charge in [-0.3, -0.25) is 0 Å². The van der Waals surface area contributed by atoms with Gasteiger partial charge in [-0.05, 0) is 19.3 Å². The van der Waals surface area contributed by atoms with E-state index in [1.807, 2.05) is 6.08 Å². The number of hydrogen-bond donors (Lipinski definition) is 1. The predicted octanol–water partition coefficient (Wildman–Crippen LogP) is 3.17. The zero-order valence-electron chi connectivity index (χ0n) is 8.29. The fourth-order valence-corrected chi connectivity index (χ4v) is 0.986. The molecule has 0 spiro atoms. The molecule has 0 aliphatic rings. The number of rotatable bonds is 6. The fourth-order valence-electron chi connectivity index (χ4n) is 0.986.